The number of ether oxygens (including phenoxy) is 2. The van der Waals surface area contributed by atoms with Crippen molar-refractivity contribution in [3.8, 4) is 17.2 Å². The lowest BCUT2D eigenvalue weighted by molar-refractivity contribution is 0.0764. The Morgan fingerprint density at radius 1 is 0.970 bits per heavy atom. The maximum Gasteiger partial charge on any atom is 0.253 e. The maximum absolute atomic E-state index is 13.3. The number of carbonyl (C=O) groups is 1. The molecule has 3 aromatic rings. The summed E-state index contributed by atoms with van der Waals surface area (Å²) >= 11 is 0. The van der Waals surface area contributed by atoms with Crippen molar-refractivity contribution < 1.29 is 18.7 Å². The van der Waals surface area contributed by atoms with E-state index in [9.17, 15) is 9.18 Å². The average Bonchev–Trinajstić information content (AvgIpc) is 3.19. The van der Waals surface area contributed by atoms with Crippen molar-refractivity contribution in [1.29, 1.82) is 0 Å². The second kappa shape index (κ2) is 8.94. The number of para-hydroxylation sites is 3. The van der Waals surface area contributed by atoms with Crippen LogP contribution in [0, 0.1) is 5.82 Å². The van der Waals surface area contributed by atoms with Gasteiger partial charge in [-0.3, -0.25) is 4.79 Å². The highest BCUT2D eigenvalue weighted by Gasteiger charge is 2.28. The fourth-order valence-corrected chi connectivity index (χ4v) is 4.23. The third kappa shape index (κ3) is 4.14. The van der Waals surface area contributed by atoms with Gasteiger partial charge in [-0.2, -0.15) is 0 Å². The number of amides is 1. The normalized spacial score (nSPS) is 15.4. The van der Waals surface area contributed by atoms with Gasteiger partial charge in [-0.25, -0.2) is 9.38 Å². The molecule has 0 saturated carbocycles. The quantitative estimate of drug-likeness (QED) is 0.565. The Bertz CT molecular complexity index is 1210. The molecule has 3 aromatic carbocycles. The topological polar surface area (TPSA) is 54.4 Å². The Hall–Kier alpha value is -3.87. The number of hydrogen-bond acceptors (Lipinski definition) is 5. The van der Waals surface area contributed by atoms with Gasteiger partial charge in [0.2, 0.25) is 0 Å². The van der Waals surface area contributed by atoms with Gasteiger partial charge in [0, 0.05) is 31.7 Å². The smallest absolute Gasteiger partial charge is 0.253 e. The van der Waals surface area contributed by atoms with Crippen LogP contribution in [0.4, 0.5) is 10.1 Å². The van der Waals surface area contributed by atoms with E-state index in [4.69, 9.17) is 14.5 Å². The van der Waals surface area contributed by atoms with Crippen LogP contribution in [-0.2, 0) is 0 Å². The summed E-state index contributed by atoms with van der Waals surface area (Å²) in [6.45, 7) is 2.52. The summed E-state index contributed by atoms with van der Waals surface area (Å²) in [7, 11) is 1.62. The minimum Gasteiger partial charge on any atom is -0.493 e. The lowest BCUT2D eigenvalue weighted by atomic mass is 10.1. The third-order valence-corrected chi connectivity index (χ3v) is 5.92. The first-order valence-electron chi connectivity index (χ1n) is 11.0. The highest BCUT2D eigenvalue weighted by Crippen LogP contribution is 2.42. The van der Waals surface area contributed by atoms with E-state index >= 15 is 0 Å². The fraction of sp³-hybridized carbons (Fsp3) is 0.231. The highest BCUT2D eigenvalue weighted by atomic mass is 19.1. The molecule has 7 heteroatoms. The molecule has 0 atom stereocenters. The van der Waals surface area contributed by atoms with Gasteiger partial charge in [0.05, 0.1) is 12.7 Å². The van der Waals surface area contributed by atoms with E-state index < -0.39 is 0 Å². The van der Waals surface area contributed by atoms with E-state index in [0.717, 1.165) is 30.1 Å². The number of fused-ring (bicyclic) bond motifs is 2. The number of halogens is 1. The molecular formula is C26H24FN3O3. The molecule has 2 aliphatic rings. The Morgan fingerprint density at radius 3 is 2.61 bits per heavy atom. The molecule has 0 N–H and O–H groups in total. The first-order valence-corrected chi connectivity index (χ1v) is 11.0. The van der Waals surface area contributed by atoms with Gasteiger partial charge < -0.3 is 19.3 Å². The van der Waals surface area contributed by atoms with Crippen molar-refractivity contribution >= 4 is 17.4 Å². The molecule has 1 amide bonds. The second-order valence-electron chi connectivity index (χ2n) is 7.98. The predicted octanol–water partition coefficient (Wildman–Crippen LogP) is 4.87. The Balaban J connectivity index is 1.45. The maximum atomic E-state index is 13.3. The van der Waals surface area contributed by atoms with Crippen LogP contribution in [0.25, 0.3) is 0 Å². The standard InChI is InChI=1S/C26H24FN3O3/c1-32-23-9-4-6-20-24(23)33-22-8-3-2-7-21(22)28-25(20)29-14-5-15-30(17-16-29)26(31)18-10-12-19(27)13-11-18/h2-4,6-13H,5,14-17H2,1H3. The molecule has 0 radical (unpaired) electrons. The summed E-state index contributed by atoms with van der Waals surface area (Å²) in [4.78, 5) is 22.0. The average molecular weight is 445 g/mol. The molecule has 5 rings (SSSR count). The van der Waals surface area contributed by atoms with Crippen LogP contribution in [0.2, 0.25) is 0 Å². The Labute approximate surface area is 191 Å². The molecule has 2 heterocycles. The summed E-state index contributed by atoms with van der Waals surface area (Å²) < 4.78 is 25.1. The minimum atomic E-state index is -0.350. The molecule has 2 aliphatic heterocycles. The summed E-state index contributed by atoms with van der Waals surface area (Å²) in [6, 6.07) is 19.2. The van der Waals surface area contributed by atoms with Crippen LogP contribution in [0.1, 0.15) is 22.3 Å². The zero-order valence-electron chi connectivity index (χ0n) is 18.3. The van der Waals surface area contributed by atoms with Gasteiger partial charge >= 0.3 is 0 Å². The number of hydrogen-bond donors (Lipinski definition) is 0. The number of aliphatic imine (C=N–C) groups is 1. The van der Waals surface area contributed by atoms with Crippen LogP contribution < -0.4 is 9.47 Å². The van der Waals surface area contributed by atoms with Crippen molar-refractivity contribution in [2.75, 3.05) is 33.3 Å². The molecule has 1 saturated heterocycles. The van der Waals surface area contributed by atoms with E-state index in [2.05, 4.69) is 4.90 Å². The largest absolute Gasteiger partial charge is 0.493 e. The van der Waals surface area contributed by atoms with Crippen LogP contribution >= 0.6 is 0 Å². The zero-order valence-corrected chi connectivity index (χ0v) is 18.3. The van der Waals surface area contributed by atoms with E-state index in [0.29, 0.717) is 42.4 Å². The van der Waals surface area contributed by atoms with Crippen molar-refractivity contribution in [2.45, 2.75) is 6.42 Å². The first kappa shape index (κ1) is 21.0. The van der Waals surface area contributed by atoms with E-state index in [1.54, 1.807) is 7.11 Å². The molecular weight excluding hydrogens is 421 g/mol. The molecule has 0 spiro atoms. The van der Waals surface area contributed by atoms with Crippen LogP contribution in [0.3, 0.4) is 0 Å². The summed E-state index contributed by atoms with van der Waals surface area (Å²) in [6.07, 6.45) is 0.785. The van der Waals surface area contributed by atoms with Crippen molar-refractivity contribution in [1.82, 2.24) is 9.80 Å². The van der Waals surface area contributed by atoms with Gasteiger partial charge in [0.1, 0.15) is 17.3 Å². The van der Waals surface area contributed by atoms with Crippen LogP contribution in [0.5, 0.6) is 17.2 Å². The van der Waals surface area contributed by atoms with E-state index in [-0.39, 0.29) is 11.7 Å². The Kier molecular flexibility index (Phi) is 5.69. The molecule has 6 nitrogen and oxygen atoms in total. The minimum absolute atomic E-state index is 0.0876. The molecule has 0 aromatic heterocycles. The summed E-state index contributed by atoms with van der Waals surface area (Å²) in [5.74, 6) is 2.30. The van der Waals surface area contributed by atoms with Crippen molar-refractivity contribution in [3.05, 3.63) is 83.7 Å². The van der Waals surface area contributed by atoms with Crippen molar-refractivity contribution in [3.63, 3.8) is 0 Å². The number of amidine groups is 1. The molecule has 1 fully saturated rings. The summed E-state index contributed by atoms with van der Waals surface area (Å²) in [5.41, 5.74) is 2.09. The number of rotatable bonds is 2. The number of nitrogens with zero attached hydrogens (tertiary/aromatic N) is 3. The zero-order chi connectivity index (χ0) is 22.8. The highest BCUT2D eigenvalue weighted by molar-refractivity contribution is 6.04. The number of benzene rings is 3. The lowest BCUT2D eigenvalue weighted by Gasteiger charge is -2.25. The number of methoxy groups -OCH3 is 1. The number of carbonyl (C=O) groups excluding carboxylic acids is 1. The molecule has 33 heavy (non-hydrogen) atoms. The molecule has 168 valence electrons. The first-order chi connectivity index (χ1) is 16.1. The molecule has 0 unspecified atom stereocenters. The van der Waals surface area contributed by atoms with Crippen LogP contribution in [-0.4, -0.2) is 54.8 Å². The van der Waals surface area contributed by atoms with Gasteiger partial charge in [0.15, 0.2) is 17.2 Å². The van der Waals surface area contributed by atoms with Gasteiger partial charge in [-0.1, -0.05) is 18.2 Å². The molecule has 0 aliphatic carbocycles. The van der Waals surface area contributed by atoms with Crippen LogP contribution in [0.15, 0.2) is 71.7 Å². The lowest BCUT2D eigenvalue weighted by Crippen LogP contribution is -2.37. The second-order valence-corrected chi connectivity index (χ2v) is 7.98. The Morgan fingerprint density at radius 2 is 1.79 bits per heavy atom. The molecule has 0 bridgehead atoms. The SMILES string of the molecule is COc1cccc2c1Oc1ccccc1N=C2N1CCCN(C(=O)c2ccc(F)cc2)CC1. The van der Waals surface area contributed by atoms with Gasteiger partial charge in [-0.15, -0.1) is 0 Å². The van der Waals surface area contributed by atoms with Gasteiger partial charge in [-0.05, 0) is 55.0 Å². The monoisotopic (exact) mass is 445 g/mol. The fourth-order valence-electron chi connectivity index (χ4n) is 4.23. The van der Waals surface area contributed by atoms with E-state index in [1.807, 2.05) is 47.4 Å². The predicted molar refractivity (Wildman–Crippen MR) is 124 cm³/mol. The third-order valence-electron chi connectivity index (χ3n) is 5.92. The summed E-state index contributed by atoms with van der Waals surface area (Å²) in [5, 5.41) is 0. The van der Waals surface area contributed by atoms with E-state index in [1.165, 1.54) is 24.3 Å². The van der Waals surface area contributed by atoms with Crippen molar-refractivity contribution in [2.24, 2.45) is 4.99 Å². The van der Waals surface area contributed by atoms with Gasteiger partial charge in [0.25, 0.3) is 5.91 Å².